The standard InChI is InChI=1S/C17H16O2S/c1-20(19)11-15-13-9-5-6-10-14(13)17(18)16(15)12-7-3-2-4-8-12/h2-10,15-16H,11H2,1H3. The van der Waals surface area contributed by atoms with Crippen LogP contribution in [0.3, 0.4) is 0 Å². The number of hydrogen-bond acceptors (Lipinski definition) is 2. The minimum absolute atomic E-state index is 0.0203. The molecule has 0 bridgehead atoms. The van der Waals surface area contributed by atoms with Crippen LogP contribution in [0.5, 0.6) is 0 Å². The molecular weight excluding hydrogens is 268 g/mol. The van der Waals surface area contributed by atoms with Gasteiger partial charge in [-0.3, -0.25) is 9.00 Å². The van der Waals surface area contributed by atoms with Crippen molar-refractivity contribution in [3.05, 3.63) is 71.3 Å². The Morgan fingerprint density at radius 3 is 2.35 bits per heavy atom. The zero-order valence-corrected chi connectivity index (χ0v) is 12.1. The van der Waals surface area contributed by atoms with Gasteiger partial charge in [-0.05, 0) is 11.1 Å². The van der Waals surface area contributed by atoms with Crippen LogP contribution in [0.2, 0.25) is 0 Å². The van der Waals surface area contributed by atoms with Crippen molar-refractivity contribution in [2.24, 2.45) is 0 Å². The third kappa shape index (κ3) is 2.22. The van der Waals surface area contributed by atoms with E-state index in [9.17, 15) is 9.00 Å². The lowest BCUT2D eigenvalue weighted by atomic mass is 9.87. The van der Waals surface area contributed by atoms with Crippen molar-refractivity contribution in [1.82, 2.24) is 0 Å². The molecule has 3 unspecified atom stereocenters. The first-order valence-electron chi connectivity index (χ1n) is 6.66. The number of hydrogen-bond donors (Lipinski definition) is 0. The summed E-state index contributed by atoms with van der Waals surface area (Å²) in [5.74, 6) is 0.508. The maximum Gasteiger partial charge on any atom is 0.171 e. The quantitative estimate of drug-likeness (QED) is 0.868. The maximum atomic E-state index is 12.7. The molecule has 0 N–H and O–H groups in total. The van der Waals surface area contributed by atoms with Crippen LogP contribution in [0.4, 0.5) is 0 Å². The summed E-state index contributed by atoms with van der Waals surface area (Å²) in [7, 11) is -0.924. The Morgan fingerprint density at radius 2 is 1.65 bits per heavy atom. The summed E-state index contributed by atoms with van der Waals surface area (Å²) in [6.45, 7) is 0. The van der Waals surface area contributed by atoms with Crippen molar-refractivity contribution in [2.45, 2.75) is 11.8 Å². The molecule has 2 aromatic carbocycles. The molecule has 1 aliphatic carbocycles. The molecule has 0 heterocycles. The average Bonchev–Trinajstić information content (AvgIpc) is 2.73. The fourth-order valence-corrected chi connectivity index (χ4v) is 3.94. The van der Waals surface area contributed by atoms with E-state index >= 15 is 0 Å². The molecule has 0 amide bonds. The Morgan fingerprint density at radius 1 is 1.00 bits per heavy atom. The molecule has 0 spiro atoms. The van der Waals surface area contributed by atoms with Crippen LogP contribution < -0.4 is 0 Å². The Kier molecular flexibility index (Phi) is 3.53. The van der Waals surface area contributed by atoms with Gasteiger partial charge in [-0.15, -0.1) is 0 Å². The molecule has 0 fully saturated rings. The topological polar surface area (TPSA) is 34.1 Å². The molecule has 0 aromatic heterocycles. The second kappa shape index (κ2) is 5.33. The van der Waals surface area contributed by atoms with Gasteiger partial charge in [-0.2, -0.15) is 0 Å². The molecule has 0 radical (unpaired) electrons. The molecule has 2 nitrogen and oxygen atoms in total. The van der Waals surface area contributed by atoms with Gasteiger partial charge in [0.25, 0.3) is 0 Å². The van der Waals surface area contributed by atoms with Gasteiger partial charge in [0.1, 0.15) is 0 Å². The number of benzene rings is 2. The van der Waals surface area contributed by atoms with Gasteiger partial charge in [0.05, 0.1) is 5.92 Å². The van der Waals surface area contributed by atoms with E-state index in [2.05, 4.69) is 0 Å². The Balaban J connectivity index is 2.10. The first kappa shape index (κ1) is 13.3. The van der Waals surface area contributed by atoms with Gasteiger partial charge >= 0.3 is 0 Å². The zero-order chi connectivity index (χ0) is 14.1. The SMILES string of the molecule is CS(=O)CC1c2ccccc2C(=O)C1c1ccccc1. The fourth-order valence-electron chi connectivity index (χ4n) is 3.06. The molecule has 20 heavy (non-hydrogen) atoms. The highest BCUT2D eigenvalue weighted by Crippen LogP contribution is 2.44. The fraction of sp³-hybridized carbons (Fsp3) is 0.235. The summed E-state index contributed by atoms with van der Waals surface area (Å²) >= 11 is 0. The minimum atomic E-state index is -0.924. The lowest BCUT2D eigenvalue weighted by molar-refractivity contribution is 0.0967. The number of rotatable bonds is 3. The average molecular weight is 284 g/mol. The van der Waals surface area contributed by atoms with E-state index in [0.29, 0.717) is 5.75 Å². The second-order valence-corrected chi connectivity index (χ2v) is 6.67. The Bertz CT molecular complexity index is 664. The first-order chi connectivity index (χ1) is 9.68. The summed E-state index contributed by atoms with van der Waals surface area (Å²) in [4.78, 5) is 12.7. The highest BCUT2D eigenvalue weighted by Gasteiger charge is 2.40. The van der Waals surface area contributed by atoms with Crippen molar-refractivity contribution >= 4 is 16.6 Å². The van der Waals surface area contributed by atoms with E-state index < -0.39 is 10.8 Å². The molecule has 0 saturated heterocycles. The van der Waals surface area contributed by atoms with Crippen molar-refractivity contribution in [3.8, 4) is 0 Å². The van der Waals surface area contributed by atoms with Crippen LogP contribution in [0.25, 0.3) is 0 Å². The summed E-state index contributed by atoms with van der Waals surface area (Å²) < 4.78 is 11.7. The van der Waals surface area contributed by atoms with Crippen molar-refractivity contribution in [2.75, 3.05) is 12.0 Å². The molecular formula is C17H16O2S. The number of fused-ring (bicyclic) bond motifs is 1. The number of Topliss-reactive ketones (excluding diaryl/α,β-unsaturated/α-hetero) is 1. The monoisotopic (exact) mass is 284 g/mol. The molecule has 2 aromatic rings. The zero-order valence-electron chi connectivity index (χ0n) is 11.3. The smallest absolute Gasteiger partial charge is 0.171 e. The number of carbonyl (C=O) groups excluding carboxylic acids is 1. The van der Waals surface area contributed by atoms with E-state index in [-0.39, 0.29) is 17.6 Å². The van der Waals surface area contributed by atoms with Crippen molar-refractivity contribution < 1.29 is 9.00 Å². The van der Waals surface area contributed by atoms with Gasteiger partial charge < -0.3 is 0 Å². The van der Waals surface area contributed by atoms with Crippen molar-refractivity contribution in [3.63, 3.8) is 0 Å². The van der Waals surface area contributed by atoms with Gasteiger partial charge in [-0.25, -0.2) is 0 Å². The summed E-state index contributed by atoms with van der Waals surface area (Å²) in [5.41, 5.74) is 2.85. The summed E-state index contributed by atoms with van der Waals surface area (Å²) in [6, 6.07) is 17.5. The van der Waals surface area contributed by atoms with E-state index in [1.807, 2.05) is 54.6 Å². The van der Waals surface area contributed by atoms with Crippen LogP contribution >= 0.6 is 0 Å². The Labute approximate surface area is 121 Å². The van der Waals surface area contributed by atoms with E-state index in [0.717, 1.165) is 16.7 Å². The van der Waals surface area contributed by atoms with Crippen LogP contribution in [0, 0.1) is 0 Å². The van der Waals surface area contributed by atoms with Gasteiger partial charge in [0, 0.05) is 34.3 Å². The molecule has 102 valence electrons. The molecule has 0 aliphatic heterocycles. The summed E-state index contributed by atoms with van der Waals surface area (Å²) in [5, 5.41) is 0. The Hall–Kier alpha value is -1.74. The largest absolute Gasteiger partial charge is 0.293 e. The van der Waals surface area contributed by atoms with Crippen LogP contribution in [-0.4, -0.2) is 22.0 Å². The lowest BCUT2D eigenvalue weighted by Gasteiger charge is -2.18. The molecule has 3 rings (SSSR count). The third-order valence-electron chi connectivity index (χ3n) is 3.88. The molecule has 3 atom stereocenters. The normalized spacial score (nSPS) is 22.6. The summed E-state index contributed by atoms with van der Waals surface area (Å²) in [6.07, 6.45) is 1.70. The van der Waals surface area contributed by atoms with Gasteiger partial charge in [-0.1, -0.05) is 54.6 Å². The molecule has 3 heteroatoms. The third-order valence-corrected chi connectivity index (χ3v) is 4.71. The number of ketones is 1. The molecule has 1 aliphatic rings. The van der Waals surface area contributed by atoms with Crippen LogP contribution in [-0.2, 0) is 10.8 Å². The van der Waals surface area contributed by atoms with Crippen LogP contribution in [0.15, 0.2) is 54.6 Å². The predicted molar refractivity (Wildman–Crippen MR) is 81.6 cm³/mol. The van der Waals surface area contributed by atoms with E-state index in [1.54, 1.807) is 6.26 Å². The lowest BCUT2D eigenvalue weighted by Crippen LogP contribution is -2.16. The van der Waals surface area contributed by atoms with Gasteiger partial charge in [0.2, 0.25) is 0 Å². The first-order valence-corrected chi connectivity index (χ1v) is 8.39. The van der Waals surface area contributed by atoms with Gasteiger partial charge in [0.15, 0.2) is 5.78 Å². The highest BCUT2D eigenvalue weighted by molar-refractivity contribution is 7.84. The maximum absolute atomic E-state index is 12.7. The van der Waals surface area contributed by atoms with Crippen molar-refractivity contribution in [1.29, 1.82) is 0 Å². The highest BCUT2D eigenvalue weighted by atomic mass is 32.2. The minimum Gasteiger partial charge on any atom is -0.293 e. The van der Waals surface area contributed by atoms with E-state index in [4.69, 9.17) is 0 Å². The number of carbonyl (C=O) groups is 1. The van der Waals surface area contributed by atoms with E-state index in [1.165, 1.54) is 0 Å². The second-order valence-electron chi connectivity index (χ2n) is 5.19. The predicted octanol–water partition coefficient (Wildman–Crippen LogP) is 3.13. The van der Waals surface area contributed by atoms with Crippen LogP contribution in [0.1, 0.15) is 33.3 Å². The molecule has 0 saturated carbocycles.